The van der Waals surface area contributed by atoms with Gasteiger partial charge in [0.15, 0.2) is 0 Å². The maximum Gasteiger partial charge on any atom is 0.326 e. The van der Waals surface area contributed by atoms with Crippen LogP contribution in [0.3, 0.4) is 0 Å². The summed E-state index contributed by atoms with van der Waals surface area (Å²) in [5.41, 5.74) is 5.64. The zero-order valence-corrected chi connectivity index (χ0v) is 12.1. The summed E-state index contributed by atoms with van der Waals surface area (Å²) in [6.45, 7) is 4.58. The maximum atomic E-state index is 12.5. The molecule has 0 aliphatic carbocycles. The van der Waals surface area contributed by atoms with Crippen molar-refractivity contribution in [1.29, 1.82) is 0 Å². The predicted octanol–water partition coefficient (Wildman–Crippen LogP) is 0.962. The van der Waals surface area contributed by atoms with Gasteiger partial charge >= 0.3 is 12.0 Å². The molecule has 2 rings (SSSR count). The normalized spacial score (nSPS) is 30.6. The van der Waals surface area contributed by atoms with E-state index in [1.165, 1.54) is 0 Å². The molecule has 0 aromatic rings. The molecule has 2 heterocycles. The van der Waals surface area contributed by atoms with E-state index in [0.29, 0.717) is 44.4 Å². The summed E-state index contributed by atoms with van der Waals surface area (Å²) >= 11 is 0. The lowest BCUT2D eigenvalue weighted by Gasteiger charge is -2.38. The Bertz CT molecular complexity index is 375. The fourth-order valence-electron chi connectivity index (χ4n) is 3.25. The van der Waals surface area contributed by atoms with Crippen LogP contribution >= 0.6 is 0 Å². The Morgan fingerprint density at radius 3 is 2.50 bits per heavy atom. The van der Waals surface area contributed by atoms with Crippen LogP contribution in [0, 0.1) is 11.8 Å². The lowest BCUT2D eigenvalue weighted by atomic mass is 9.89. The Labute approximate surface area is 119 Å². The number of nitrogens with two attached hydrogens (primary N) is 1. The fourth-order valence-corrected chi connectivity index (χ4v) is 3.25. The van der Waals surface area contributed by atoms with E-state index in [0.717, 1.165) is 19.3 Å². The summed E-state index contributed by atoms with van der Waals surface area (Å²) in [4.78, 5) is 27.3. The van der Waals surface area contributed by atoms with Gasteiger partial charge in [-0.05, 0) is 37.6 Å². The van der Waals surface area contributed by atoms with Crippen molar-refractivity contribution in [3.8, 4) is 0 Å². The van der Waals surface area contributed by atoms with E-state index in [1.807, 2.05) is 0 Å². The zero-order valence-electron chi connectivity index (χ0n) is 12.1. The average molecular weight is 283 g/mol. The van der Waals surface area contributed by atoms with Crippen molar-refractivity contribution in [3.63, 3.8) is 0 Å². The van der Waals surface area contributed by atoms with Gasteiger partial charge in [-0.2, -0.15) is 0 Å². The lowest BCUT2D eigenvalue weighted by molar-refractivity contribution is -0.144. The van der Waals surface area contributed by atoms with Crippen LogP contribution in [0.2, 0.25) is 0 Å². The van der Waals surface area contributed by atoms with E-state index in [2.05, 4.69) is 6.92 Å². The van der Waals surface area contributed by atoms with Gasteiger partial charge in [-0.15, -0.1) is 0 Å². The van der Waals surface area contributed by atoms with Crippen molar-refractivity contribution < 1.29 is 14.7 Å². The van der Waals surface area contributed by atoms with Gasteiger partial charge in [0.25, 0.3) is 0 Å². The van der Waals surface area contributed by atoms with Crippen LogP contribution in [0.1, 0.15) is 32.6 Å². The monoisotopic (exact) mass is 283 g/mol. The number of likely N-dealkylation sites (tertiary alicyclic amines) is 2. The zero-order chi connectivity index (χ0) is 14.7. The second-order valence-electron chi connectivity index (χ2n) is 5.97. The standard InChI is InChI=1S/C14H25N3O3/c1-2-10-4-6-17(12(7-10)13(18)19)14(20)16-5-3-11(8-15)9-16/h10-12H,2-9,15H2,1H3,(H,18,19). The number of nitrogens with zero attached hydrogens (tertiary/aromatic N) is 2. The van der Waals surface area contributed by atoms with E-state index in [4.69, 9.17) is 5.73 Å². The molecular formula is C14H25N3O3. The second-order valence-corrected chi connectivity index (χ2v) is 5.97. The van der Waals surface area contributed by atoms with Crippen LogP contribution in [-0.2, 0) is 4.79 Å². The molecular weight excluding hydrogens is 258 g/mol. The number of piperidine rings is 1. The van der Waals surface area contributed by atoms with Crippen molar-refractivity contribution in [2.45, 2.75) is 38.6 Å². The minimum atomic E-state index is -0.883. The first kappa shape index (κ1) is 15.1. The molecule has 0 spiro atoms. The predicted molar refractivity (Wildman–Crippen MR) is 75.3 cm³/mol. The maximum absolute atomic E-state index is 12.5. The van der Waals surface area contributed by atoms with E-state index in [-0.39, 0.29) is 6.03 Å². The summed E-state index contributed by atoms with van der Waals surface area (Å²) < 4.78 is 0. The van der Waals surface area contributed by atoms with E-state index < -0.39 is 12.0 Å². The summed E-state index contributed by atoms with van der Waals surface area (Å²) in [6, 6.07) is -0.791. The molecule has 0 aromatic heterocycles. The van der Waals surface area contributed by atoms with Crippen LogP contribution in [-0.4, -0.2) is 59.1 Å². The number of carbonyl (C=O) groups is 2. The van der Waals surface area contributed by atoms with Crippen LogP contribution < -0.4 is 5.73 Å². The molecule has 2 amide bonds. The molecule has 6 nitrogen and oxygen atoms in total. The van der Waals surface area contributed by atoms with Crippen molar-refractivity contribution in [1.82, 2.24) is 9.80 Å². The summed E-state index contributed by atoms with van der Waals surface area (Å²) in [5.74, 6) is -0.114. The smallest absolute Gasteiger partial charge is 0.326 e. The van der Waals surface area contributed by atoms with Gasteiger partial charge in [0.2, 0.25) is 0 Å². The molecule has 0 aromatic carbocycles. The molecule has 3 unspecified atom stereocenters. The number of aliphatic carboxylic acids is 1. The molecule has 3 atom stereocenters. The number of hydrogen-bond acceptors (Lipinski definition) is 3. The van der Waals surface area contributed by atoms with Gasteiger partial charge in [-0.1, -0.05) is 13.3 Å². The van der Waals surface area contributed by atoms with Gasteiger partial charge in [0, 0.05) is 19.6 Å². The van der Waals surface area contributed by atoms with E-state index in [1.54, 1.807) is 9.80 Å². The summed E-state index contributed by atoms with van der Waals surface area (Å²) in [5, 5.41) is 9.38. The lowest BCUT2D eigenvalue weighted by Crippen LogP contribution is -2.54. The first-order valence-corrected chi connectivity index (χ1v) is 7.55. The highest BCUT2D eigenvalue weighted by Crippen LogP contribution is 2.27. The van der Waals surface area contributed by atoms with Crippen LogP contribution in [0.25, 0.3) is 0 Å². The number of carboxylic acid groups (broad SMARTS) is 1. The highest BCUT2D eigenvalue weighted by Gasteiger charge is 2.38. The highest BCUT2D eigenvalue weighted by molar-refractivity contribution is 5.83. The topological polar surface area (TPSA) is 86.9 Å². The van der Waals surface area contributed by atoms with Gasteiger partial charge in [0.1, 0.15) is 6.04 Å². The van der Waals surface area contributed by atoms with Gasteiger partial charge in [-0.3, -0.25) is 0 Å². The molecule has 0 bridgehead atoms. The van der Waals surface area contributed by atoms with Crippen molar-refractivity contribution in [3.05, 3.63) is 0 Å². The molecule has 114 valence electrons. The van der Waals surface area contributed by atoms with E-state index in [9.17, 15) is 14.7 Å². The number of carbonyl (C=O) groups excluding carboxylic acids is 1. The summed E-state index contributed by atoms with van der Waals surface area (Å²) in [6.07, 6.45) is 3.38. The molecule has 6 heteroatoms. The van der Waals surface area contributed by atoms with Gasteiger partial charge < -0.3 is 20.6 Å². The van der Waals surface area contributed by atoms with Crippen molar-refractivity contribution in [2.24, 2.45) is 17.6 Å². The van der Waals surface area contributed by atoms with Gasteiger partial charge in [-0.25, -0.2) is 9.59 Å². The third-order valence-corrected chi connectivity index (χ3v) is 4.71. The molecule has 3 N–H and O–H groups in total. The Hall–Kier alpha value is -1.30. The summed E-state index contributed by atoms with van der Waals surface area (Å²) in [7, 11) is 0. The molecule has 0 radical (unpaired) electrons. The SMILES string of the molecule is CCC1CCN(C(=O)N2CCC(CN)C2)C(C(=O)O)C1. The first-order valence-electron chi connectivity index (χ1n) is 7.55. The number of amides is 2. The Kier molecular flexibility index (Phi) is 4.86. The Balaban J connectivity index is 2.02. The second kappa shape index (κ2) is 6.43. The quantitative estimate of drug-likeness (QED) is 0.807. The Morgan fingerprint density at radius 2 is 1.95 bits per heavy atom. The van der Waals surface area contributed by atoms with Gasteiger partial charge in [0.05, 0.1) is 0 Å². The average Bonchev–Trinajstić information content (AvgIpc) is 2.94. The minimum Gasteiger partial charge on any atom is -0.480 e. The largest absolute Gasteiger partial charge is 0.480 e. The Morgan fingerprint density at radius 1 is 1.25 bits per heavy atom. The molecule has 0 saturated carbocycles. The third-order valence-electron chi connectivity index (χ3n) is 4.71. The van der Waals surface area contributed by atoms with Crippen LogP contribution in [0.4, 0.5) is 4.79 Å². The van der Waals surface area contributed by atoms with Crippen LogP contribution in [0.5, 0.6) is 0 Å². The first-order chi connectivity index (χ1) is 9.56. The van der Waals surface area contributed by atoms with E-state index >= 15 is 0 Å². The number of urea groups is 1. The number of hydrogen-bond donors (Lipinski definition) is 2. The molecule has 20 heavy (non-hydrogen) atoms. The highest BCUT2D eigenvalue weighted by atomic mass is 16.4. The van der Waals surface area contributed by atoms with Crippen LogP contribution in [0.15, 0.2) is 0 Å². The van der Waals surface area contributed by atoms with Crippen molar-refractivity contribution in [2.75, 3.05) is 26.2 Å². The minimum absolute atomic E-state index is 0.122. The fraction of sp³-hybridized carbons (Fsp3) is 0.857. The molecule has 2 aliphatic heterocycles. The molecule has 2 fully saturated rings. The third kappa shape index (κ3) is 3.06. The number of rotatable bonds is 3. The molecule has 2 aliphatic rings. The van der Waals surface area contributed by atoms with Crippen molar-refractivity contribution >= 4 is 12.0 Å². The molecule has 2 saturated heterocycles. The number of carboxylic acids is 1.